The number of benzene rings is 3. The molecule has 0 aliphatic heterocycles. The molecule has 2 aromatic heterocycles. The van der Waals surface area contributed by atoms with Gasteiger partial charge in [0.1, 0.15) is 12.2 Å². The van der Waals surface area contributed by atoms with Gasteiger partial charge in [0.25, 0.3) is 0 Å². The topological polar surface area (TPSA) is 79.3 Å². The monoisotopic (exact) mass is 550 g/mol. The summed E-state index contributed by atoms with van der Waals surface area (Å²) in [5, 5.41) is 0. The first kappa shape index (κ1) is 27.0. The van der Waals surface area contributed by atoms with Crippen molar-refractivity contribution in [3.63, 3.8) is 0 Å². The Morgan fingerprint density at radius 1 is 1.00 bits per heavy atom. The Morgan fingerprint density at radius 2 is 1.80 bits per heavy atom. The van der Waals surface area contributed by atoms with E-state index in [4.69, 9.17) is 9.72 Å². The van der Waals surface area contributed by atoms with Crippen LogP contribution in [0.3, 0.4) is 0 Å². The van der Waals surface area contributed by atoms with Crippen molar-refractivity contribution in [2.75, 3.05) is 39.1 Å². The number of hydrogen-bond acceptors (Lipinski definition) is 6. The highest BCUT2D eigenvalue weighted by molar-refractivity contribution is 6.11. The number of carbonyl (C=O) groups excluding carboxylic acids is 1. The number of nitrogens with one attached hydrogen (secondary N) is 1. The minimum Gasteiger partial charge on any atom is -0.457 e. The van der Waals surface area contributed by atoms with Gasteiger partial charge in [0.2, 0.25) is 0 Å². The van der Waals surface area contributed by atoms with Gasteiger partial charge in [0, 0.05) is 31.7 Å². The van der Waals surface area contributed by atoms with Gasteiger partial charge < -0.3 is 24.1 Å². The van der Waals surface area contributed by atoms with E-state index in [1.54, 1.807) is 6.33 Å². The molecule has 41 heavy (non-hydrogen) atoms. The van der Waals surface area contributed by atoms with Crippen molar-refractivity contribution in [1.29, 1.82) is 0 Å². The van der Waals surface area contributed by atoms with Crippen LogP contribution in [0.5, 0.6) is 0 Å². The van der Waals surface area contributed by atoms with Crippen LogP contribution >= 0.6 is 0 Å². The molecule has 1 N–H and O–H groups in total. The van der Waals surface area contributed by atoms with Crippen LogP contribution in [0.2, 0.25) is 0 Å². The normalized spacial score (nSPS) is 14.2. The maximum absolute atomic E-state index is 13.6. The lowest BCUT2D eigenvalue weighted by atomic mass is 9.95. The number of nitrogens with zero attached hydrogens (tertiary/aromatic N) is 5. The first-order chi connectivity index (χ1) is 20.0. The number of aromatic amines is 1. The van der Waals surface area contributed by atoms with E-state index < -0.39 is 0 Å². The Bertz CT molecular complexity index is 1650. The maximum atomic E-state index is 13.6. The van der Waals surface area contributed by atoms with Crippen LogP contribution in [-0.4, -0.2) is 64.6 Å². The van der Waals surface area contributed by atoms with Gasteiger partial charge in [0.15, 0.2) is 0 Å². The van der Waals surface area contributed by atoms with Crippen LogP contribution < -0.4 is 4.90 Å². The zero-order chi connectivity index (χ0) is 28.3. The average molecular weight is 551 g/mol. The number of anilines is 1. The van der Waals surface area contributed by atoms with E-state index in [1.807, 2.05) is 57.8 Å². The lowest BCUT2D eigenvalue weighted by molar-refractivity contribution is 0.0475. The van der Waals surface area contributed by atoms with Crippen LogP contribution in [-0.2, 0) is 11.3 Å². The Labute approximate surface area is 241 Å². The lowest BCUT2D eigenvalue weighted by Gasteiger charge is -2.25. The standard InChI is InChI=1S/C33H38N6O2/c1-37(2)16-17-38(3)29-19-26(24-14-15-28-27(18-24)36-22-39(28)25-12-8-5-9-13-25)31-32(35-21-34-31)30(29)33(40)41-20-23-10-6-4-7-11-23/h4,6-7,10-11,14-15,18-19,21-22,25H,5,8-9,12-13,16-17,20H2,1-3H3,(H,34,35). The maximum Gasteiger partial charge on any atom is 0.342 e. The average Bonchev–Trinajstić information content (AvgIpc) is 3.66. The van der Waals surface area contributed by atoms with E-state index in [0.29, 0.717) is 17.1 Å². The first-order valence-electron chi connectivity index (χ1n) is 14.5. The van der Waals surface area contributed by atoms with Crippen molar-refractivity contribution in [3.05, 3.63) is 78.4 Å². The summed E-state index contributed by atoms with van der Waals surface area (Å²) in [6, 6.07) is 18.8. The second kappa shape index (κ2) is 11.7. The van der Waals surface area contributed by atoms with Gasteiger partial charge in [0.05, 0.1) is 40.4 Å². The predicted octanol–water partition coefficient (Wildman–Crippen LogP) is 6.44. The molecule has 212 valence electrons. The molecule has 2 heterocycles. The second-order valence-electron chi connectivity index (χ2n) is 11.4. The molecule has 0 atom stereocenters. The number of imidazole rings is 2. The van der Waals surface area contributed by atoms with Gasteiger partial charge in [-0.3, -0.25) is 0 Å². The summed E-state index contributed by atoms with van der Waals surface area (Å²) < 4.78 is 8.19. The van der Waals surface area contributed by atoms with Gasteiger partial charge >= 0.3 is 5.97 Å². The molecule has 1 fully saturated rings. The van der Waals surface area contributed by atoms with Gasteiger partial charge in [-0.25, -0.2) is 14.8 Å². The van der Waals surface area contributed by atoms with E-state index in [1.165, 1.54) is 37.6 Å². The van der Waals surface area contributed by atoms with Crippen molar-refractivity contribution >= 4 is 33.7 Å². The van der Waals surface area contributed by atoms with Crippen molar-refractivity contribution in [2.45, 2.75) is 44.8 Å². The van der Waals surface area contributed by atoms with Gasteiger partial charge in [-0.2, -0.15) is 0 Å². The third kappa shape index (κ3) is 5.57. The zero-order valence-corrected chi connectivity index (χ0v) is 24.1. The molecule has 5 aromatic rings. The Kier molecular flexibility index (Phi) is 7.74. The summed E-state index contributed by atoms with van der Waals surface area (Å²) in [4.78, 5) is 30.6. The summed E-state index contributed by atoms with van der Waals surface area (Å²) in [5.74, 6) is -0.372. The number of aromatic nitrogens is 4. The highest BCUT2D eigenvalue weighted by atomic mass is 16.5. The summed E-state index contributed by atoms with van der Waals surface area (Å²) in [6.45, 7) is 1.80. The molecule has 0 radical (unpaired) electrons. The SMILES string of the molecule is CN(C)CCN(C)c1cc(-c2ccc3c(c2)ncn3C2CCCCC2)c2nc[nH]c2c1C(=O)OCc1ccccc1. The van der Waals surface area contributed by atoms with Crippen molar-refractivity contribution in [3.8, 4) is 11.1 Å². The highest BCUT2D eigenvalue weighted by Gasteiger charge is 2.25. The van der Waals surface area contributed by atoms with Gasteiger partial charge in [-0.15, -0.1) is 0 Å². The summed E-state index contributed by atoms with van der Waals surface area (Å²) in [6.07, 6.45) is 9.97. The molecule has 0 spiro atoms. The molecule has 0 unspecified atom stereocenters. The number of ether oxygens (including phenoxy) is 1. The van der Waals surface area contributed by atoms with Crippen molar-refractivity contribution in [1.82, 2.24) is 24.4 Å². The Balaban J connectivity index is 1.41. The Hall–Kier alpha value is -4.17. The first-order valence-corrected chi connectivity index (χ1v) is 14.5. The number of fused-ring (bicyclic) bond motifs is 2. The molecule has 1 saturated carbocycles. The molecule has 8 heteroatoms. The number of H-pyrrole nitrogens is 1. The van der Waals surface area contributed by atoms with Crippen LogP contribution in [0.1, 0.15) is 54.1 Å². The van der Waals surface area contributed by atoms with E-state index in [0.717, 1.165) is 46.5 Å². The minimum absolute atomic E-state index is 0.207. The molecule has 0 amide bonds. The quantitative estimate of drug-likeness (QED) is 0.213. The summed E-state index contributed by atoms with van der Waals surface area (Å²) in [5.41, 5.74) is 7.81. The number of carbonyl (C=O) groups is 1. The van der Waals surface area contributed by atoms with Gasteiger partial charge in [-0.05, 0) is 56.3 Å². The number of hydrogen-bond donors (Lipinski definition) is 1. The number of esters is 1. The predicted molar refractivity (Wildman–Crippen MR) is 164 cm³/mol. The van der Waals surface area contributed by atoms with E-state index in [2.05, 4.69) is 48.6 Å². The fourth-order valence-corrected chi connectivity index (χ4v) is 5.94. The van der Waals surface area contributed by atoms with E-state index >= 15 is 0 Å². The molecule has 8 nitrogen and oxygen atoms in total. The summed E-state index contributed by atoms with van der Waals surface area (Å²) >= 11 is 0. The molecular weight excluding hydrogens is 512 g/mol. The second-order valence-corrected chi connectivity index (χ2v) is 11.4. The zero-order valence-electron chi connectivity index (χ0n) is 24.1. The highest BCUT2D eigenvalue weighted by Crippen LogP contribution is 2.38. The Morgan fingerprint density at radius 3 is 2.59 bits per heavy atom. The molecule has 1 aliphatic rings. The third-order valence-corrected chi connectivity index (χ3v) is 8.25. The fraction of sp³-hybridized carbons (Fsp3) is 0.364. The fourth-order valence-electron chi connectivity index (χ4n) is 5.94. The number of rotatable bonds is 9. The van der Waals surface area contributed by atoms with E-state index in [9.17, 15) is 4.79 Å². The smallest absolute Gasteiger partial charge is 0.342 e. The molecule has 0 bridgehead atoms. The molecular formula is C33H38N6O2. The molecule has 0 saturated heterocycles. The minimum atomic E-state index is -0.372. The van der Waals surface area contributed by atoms with Crippen LogP contribution in [0, 0.1) is 0 Å². The lowest BCUT2D eigenvalue weighted by Crippen LogP contribution is -2.29. The largest absolute Gasteiger partial charge is 0.457 e. The number of likely N-dealkylation sites (N-methyl/N-ethyl adjacent to an activating group) is 2. The van der Waals surface area contributed by atoms with E-state index in [-0.39, 0.29) is 12.6 Å². The van der Waals surface area contributed by atoms with Crippen LogP contribution in [0.25, 0.3) is 33.2 Å². The van der Waals surface area contributed by atoms with Crippen molar-refractivity contribution < 1.29 is 9.53 Å². The van der Waals surface area contributed by atoms with Crippen molar-refractivity contribution in [2.24, 2.45) is 0 Å². The molecule has 1 aliphatic carbocycles. The third-order valence-electron chi connectivity index (χ3n) is 8.25. The molecule has 6 rings (SSSR count). The van der Waals surface area contributed by atoms with Crippen LogP contribution in [0.15, 0.2) is 67.3 Å². The molecule has 3 aromatic carbocycles. The van der Waals surface area contributed by atoms with Gasteiger partial charge in [-0.1, -0.05) is 55.7 Å². The van der Waals surface area contributed by atoms with Crippen LogP contribution in [0.4, 0.5) is 5.69 Å². The summed E-state index contributed by atoms with van der Waals surface area (Å²) in [7, 11) is 6.12.